The van der Waals surface area contributed by atoms with Crippen LogP contribution >= 0.6 is 0 Å². The summed E-state index contributed by atoms with van der Waals surface area (Å²) < 4.78 is 5.94. The molecule has 0 nitrogen and oxygen atoms in total. The minimum atomic E-state index is -1.25. The molecule has 0 aromatic heterocycles. The van der Waals surface area contributed by atoms with Gasteiger partial charge in [0.1, 0.15) is 0 Å². The molecule has 0 unspecified atom stereocenters. The summed E-state index contributed by atoms with van der Waals surface area (Å²) in [6, 6.07) is 0. The van der Waals surface area contributed by atoms with Crippen molar-refractivity contribution in [3.63, 3.8) is 0 Å². The maximum atomic E-state index is 2.50. The third-order valence-corrected chi connectivity index (χ3v) is 7.90. The molecule has 0 aromatic carbocycles. The van der Waals surface area contributed by atoms with Gasteiger partial charge < -0.3 is 24.8 Å². The number of halogens is 2. The number of rotatable bonds is 2. The minimum absolute atomic E-state index is 0. The summed E-state index contributed by atoms with van der Waals surface area (Å²) in [7, 11) is 0. The standard InChI is InChI=1S/C7H9.C5H5.C2H4.2ClH.Ti/c1-6-3-4-7(2)5-6;1-2-4-5-3-1;1-2;;;/h3H,4H2,1-2H3;1-3H,4H2;1H,2H3;2*1H;/q;;;;;+2/p-2. The fourth-order valence-corrected chi connectivity index (χ4v) is 6.62. The second kappa shape index (κ2) is 7.54. The summed E-state index contributed by atoms with van der Waals surface area (Å²) in [4.78, 5) is 0. The number of hydrogen-bond acceptors (Lipinski definition) is 0. The van der Waals surface area contributed by atoms with E-state index < -0.39 is 17.4 Å². The Kier molecular flexibility index (Phi) is 7.59. The zero-order valence-corrected chi connectivity index (χ0v) is 13.6. The van der Waals surface area contributed by atoms with Gasteiger partial charge in [0.2, 0.25) is 0 Å². The smallest absolute Gasteiger partial charge is 1.00 e. The first-order valence-electron chi connectivity index (χ1n) is 5.63. The molecule has 0 spiro atoms. The van der Waals surface area contributed by atoms with Crippen molar-refractivity contribution in [1.29, 1.82) is 0 Å². The van der Waals surface area contributed by atoms with Crippen molar-refractivity contribution in [2.45, 2.75) is 33.6 Å². The molecule has 0 N–H and O–H groups in total. The van der Waals surface area contributed by atoms with Gasteiger partial charge in [-0.3, -0.25) is 0 Å². The normalized spacial score (nSPS) is 17.6. The molecule has 0 amide bonds. The van der Waals surface area contributed by atoms with E-state index in [1.807, 2.05) is 0 Å². The second-order valence-corrected chi connectivity index (χ2v) is 8.25. The molecule has 17 heavy (non-hydrogen) atoms. The van der Waals surface area contributed by atoms with Crippen molar-refractivity contribution in [2.75, 3.05) is 0 Å². The minimum Gasteiger partial charge on any atom is -1.00 e. The van der Waals surface area contributed by atoms with E-state index in [0.29, 0.717) is 0 Å². The quantitative estimate of drug-likeness (QED) is 0.513. The van der Waals surface area contributed by atoms with Crippen molar-refractivity contribution in [1.82, 2.24) is 0 Å². The van der Waals surface area contributed by atoms with E-state index in [-0.39, 0.29) is 24.8 Å². The fraction of sp³-hybridized carbons (Fsp3) is 0.357. The van der Waals surface area contributed by atoms with Gasteiger partial charge in [-0.2, -0.15) is 0 Å². The maximum absolute atomic E-state index is 2.50. The molecule has 2 aliphatic rings. The Morgan fingerprint density at radius 3 is 2.29 bits per heavy atom. The molecule has 0 bridgehead atoms. The predicted molar refractivity (Wildman–Crippen MR) is 64.7 cm³/mol. The van der Waals surface area contributed by atoms with E-state index in [1.54, 1.807) is 18.9 Å². The third kappa shape index (κ3) is 3.54. The van der Waals surface area contributed by atoms with Gasteiger partial charge in [0.15, 0.2) is 0 Å². The molecule has 0 fully saturated rings. The first-order valence-corrected chi connectivity index (χ1v) is 8.10. The van der Waals surface area contributed by atoms with E-state index in [9.17, 15) is 0 Å². The average Bonchev–Trinajstić information content (AvgIpc) is 2.83. The Morgan fingerprint density at radius 2 is 1.88 bits per heavy atom. The van der Waals surface area contributed by atoms with Gasteiger partial charge in [0.25, 0.3) is 0 Å². The zero-order chi connectivity index (χ0) is 10.8. The molecule has 2 aliphatic carbocycles. The molecule has 0 radical (unpaired) electrons. The topological polar surface area (TPSA) is 0 Å². The van der Waals surface area contributed by atoms with Crippen molar-refractivity contribution >= 4 is 4.31 Å². The first kappa shape index (κ1) is 17.1. The molecule has 2 rings (SSSR count). The Hall–Kier alpha value is 0.124. The number of hydrogen-bond donors (Lipinski definition) is 0. The van der Waals surface area contributed by atoms with Gasteiger partial charge in [-0.1, -0.05) is 0 Å². The van der Waals surface area contributed by atoms with Crippen LogP contribution in [0.1, 0.15) is 33.6 Å². The monoisotopic (exact) mass is 304 g/mol. The second-order valence-electron chi connectivity index (χ2n) is 4.27. The predicted octanol–water partition coefficient (Wildman–Crippen LogP) is -2.10. The zero-order valence-electron chi connectivity index (χ0n) is 10.6. The average molecular weight is 305 g/mol. The Bertz CT molecular complexity index is 437. The van der Waals surface area contributed by atoms with Crippen LogP contribution in [-0.4, -0.2) is 4.31 Å². The van der Waals surface area contributed by atoms with Crippen LogP contribution in [0.25, 0.3) is 0 Å². The van der Waals surface area contributed by atoms with Crippen LogP contribution in [0.15, 0.2) is 43.2 Å². The van der Waals surface area contributed by atoms with Crippen LogP contribution in [0, 0.1) is 0 Å². The van der Waals surface area contributed by atoms with Crippen LogP contribution in [-0.2, 0) is 17.4 Å². The molecule has 0 atom stereocenters. The van der Waals surface area contributed by atoms with Crippen LogP contribution in [0.5, 0.6) is 0 Å². The van der Waals surface area contributed by atoms with E-state index in [1.165, 1.54) is 12.8 Å². The molecule has 0 aliphatic heterocycles. The number of allylic oxidation sites excluding steroid dienone is 8. The molecule has 0 saturated carbocycles. The van der Waals surface area contributed by atoms with Gasteiger partial charge in [-0.05, 0) is 0 Å². The molecule has 92 valence electrons. The molecule has 0 saturated heterocycles. The van der Waals surface area contributed by atoms with Crippen LogP contribution < -0.4 is 24.8 Å². The van der Waals surface area contributed by atoms with Crippen LogP contribution in [0.3, 0.4) is 0 Å². The summed E-state index contributed by atoms with van der Waals surface area (Å²) in [5.74, 6) is 0. The van der Waals surface area contributed by atoms with Gasteiger partial charge >= 0.3 is 98.5 Å². The Balaban J connectivity index is 0.00000128. The summed E-state index contributed by atoms with van der Waals surface area (Å²) in [6.07, 6.45) is 11.6. The van der Waals surface area contributed by atoms with Crippen molar-refractivity contribution in [2.24, 2.45) is 0 Å². The van der Waals surface area contributed by atoms with E-state index in [2.05, 4.69) is 49.4 Å². The first-order chi connectivity index (χ1) is 7.24. The largest absolute Gasteiger partial charge is 1.00 e. The van der Waals surface area contributed by atoms with Crippen molar-refractivity contribution < 1.29 is 42.2 Å². The third-order valence-electron chi connectivity index (χ3n) is 3.21. The molecular weight excluding hydrogens is 287 g/mol. The van der Waals surface area contributed by atoms with Crippen LogP contribution in [0.2, 0.25) is 0 Å². The summed E-state index contributed by atoms with van der Waals surface area (Å²) >= 11 is -1.25. The Labute approximate surface area is 123 Å². The summed E-state index contributed by atoms with van der Waals surface area (Å²) in [6.45, 7) is 6.84. The van der Waals surface area contributed by atoms with Gasteiger partial charge in [-0.15, -0.1) is 0 Å². The molecule has 0 aromatic rings. The van der Waals surface area contributed by atoms with Gasteiger partial charge in [0.05, 0.1) is 0 Å². The van der Waals surface area contributed by atoms with E-state index in [4.69, 9.17) is 0 Å². The summed E-state index contributed by atoms with van der Waals surface area (Å²) in [5.41, 5.74) is 3.17. The molecule has 0 heterocycles. The summed E-state index contributed by atoms with van der Waals surface area (Å²) in [5, 5.41) is 0. The van der Waals surface area contributed by atoms with Gasteiger partial charge in [0, 0.05) is 0 Å². The fourth-order valence-electron chi connectivity index (χ4n) is 2.43. The van der Waals surface area contributed by atoms with E-state index >= 15 is 0 Å². The van der Waals surface area contributed by atoms with Crippen molar-refractivity contribution in [3.8, 4) is 0 Å². The van der Waals surface area contributed by atoms with Crippen molar-refractivity contribution in [3.05, 3.63) is 43.2 Å². The van der Waals surface area contributed by atoms with E-state index in [0.717, 1.165) is 0 Å². The molecule has 3 heteroatoms. The van der Waals surface area contributed by atoms with Gasteiger partial charge in [-0.25, -0.2) is 0 Å². The van der Waals surface area contributed by atoms with Crippen LogP contribution in [0.4, 0.5) is 0 Å². The molecular formula is C14H18Cl2Ti. The SMILES string of the molecule is C[CH]=[Ti+2]([C]1=CC=CC1)[C]1=C(C)CC=C1C.[Cl-].[Cl-]. The maximum Gasteiger partial charge on any atom is -1.00 e. The Morgan fingerprint density at radius 1 is 1.18 bits per heavy atom.